The lowest BCUT2D eigenvalue weighted by atomic mass is 9.96. The first kappa shape index (κ1) is 19.3. The van der Waals surface area contributed by atoms with Gasteiger partial charge in [-0.25, -0.2) is 0 Å². The van der Waals surface area contributed by atoms with E-state index in [1.54, 1.807) is 13.3 Å². The number of nitrogens with zero attached hydrogens (tertiary/aromatic N) is 3. The summed E-state index contributed by atoms with van der Waals surface area (Å²) in [4.78, 5) is 30.8. The number of carbonyl (C=O) groups excluding carboxylic acids is 1. The standard InChI is InChI=1S/C23H28N4O3/c1-14-9-20-18(10-17(14)23(29)26-7-5-16(6-8-26)13-30-2)21-19(22(28)25-20)11-24-27(21)12-15-3-4-15/h9-11,15-16H,3-8,12-13H2,1-2H3,(H,25,28). The van der Waals surface area contributed by atoms with Gasteiger partial charge < -0.3 is 14.6 Å². The van der Waals surface area contributed by atoms with Crippen LogP contribution in [0.25, 0.3) is 21.8 Å². The van der Waals surface area contributed by atoms with Crippen LogP contribution in [0.2, 0.25) is 0 Å². The molecule has 0 bridgehead atoms. The van der Waals surface area contributed by atoms with Gasteiger partial charge in [0.1, 0.15) is 0 Å². The Labute approximate surface area is 175 Å². The Balaban J connectivity index is 1.54. The van der Waals surface area contributed by atoms with Crippen LogP contribution in [-0.4, -0.2) is 52.4 Å². The molecule has 0 radical (unpaired) electrons. The number of amides is 1. The first-order valence-corrected chi connectivity index (χ1v) is 10.9. The number of benzene rings is 1. The Morgan fingerprint density at radius 3 is 2.63 bits per heavy atom. The molecule has 30 heavy (non-hydrogen) atoms. The molecule has 2 fully saturated rings. The summed E-state index contributed by atoms with van der Waals surface area (Å²) in [6.45, 7) is 5.03. The van der Waals surface area contributed by atoms with Gasteiger partial charge in [-0.15, -0.1) is 0 Å². The minimum atomic E-state index is -0.127. The summed E-state index contributed by atoms with van der Waals surface area (Å²) in [5.74, 6) is 1.23. The van der Waals surface area contributed by atoms with Crippen molar-refractivity contribution in [3.8, 4) is 0 Å². The van der Waals surface area contributed by atoms with E-state index >= 15 is 0 Å². The fourth-order valence-electron chi connectivity index (χ4n) is 4.66. The lowest BCUT2D eigenvalue weighted by Crippen LogP contribution is -2.39. The Hall–Kier alpha value is -2.67. The van der Waals surface area contributed by atoms with Crippen molar-refractivity contribution in [3.05, 3.63) is 39.8 Å². The maximum Gasteiger partial charge on any atom is 0.259 e. The predicted octanol–water partition coefficient (Wildman–Crippen LogP) is 3.09. The SMILES string of the molecule is COCC1CCN(C(=O)c2cc3c(cc2C)[nH]c(=O)c2cnn(CC4CC4)c23)CC1. The second kappa shape index (κ2) is 7.54. The topological polar surface area (TPSA) is 80.2 Å². The number of methoxy groups -OCH3 is 1. The third-order valence-corrected chi connectivity index (χ3v) is 6.61. The summed E-state index contributed by atoms with van der Waals surface area (Å²) in [6, 6.07) is 3.88. The number of hydrogen-bond acceptors (Lipinski definition) is 4. The number of hydrogen-bond donors (Lipinski definition) is 1. The van der Waals surface area contributed by atoms with Gasteiger partial charge in [-0.1, -0.05) is 0 Å². The number of rotatable bonds is 5. The van der Waals surface area contributed by atoms with E-state index in [2.05, 4.69) is 10.1 Å². The van der Waals surface area contributed by atoms with E-state index in [0.29, 0.717) is 22.8 Å². The molecule has 1 saturated carbocycles. The summed E-state index contributed by atoms with van der Waals surface area (Å²) in [6.07, 6.45) is 6.02. The minimum Gasteiger partial charge on any atom is -0.384 e. The quantitative estimate of drug-likeness (QED) is 0.704. The van der Waals surface area contributed by atoms with Crippen molar-refractivity contribution in [2.45, 2.75) is 39.2 Å². The van der Waals surface area contributed by atoms with Gasteiger partial charge in [-0.2, -0.15) is 5.10 Å². The molecule has 2 aliphatic rings. The number of H-pyrrole nitrogens is 1. The zero-order valence-corrected chi connectivity index (χ0v) is 17.6. The number of aromatic amines is 1. The zero-order chi connectivity index (χ0) is 20.8. The Morgan fingerprint density at radius 2 is 1.93 bits per heavy atom. The maximum atomic E-state index is 13.3. The van der Waals surface area contributed by atoms with E-state index in [9.17, 15) is 9.59 Å². The van der Waals surface area contributed by atoms with Crippen LogP contribution in [0.3, 0.4) is 0 Å². The summed E-state index contributed by atoms with van der Waals surface area (Å²) in [5.41, 5.74) is 3.07. The molecule has 1 aliphatic carbocycles. The first-order valence-electron chi connectivity index (χ1n) is 10.9. The number of nitrogens with one attached hydrogen (secondary N) is 1. The molecule has 1 N–H and O–H groups in total. The van der Waals surface area contributed by atoms with Crippen LogP contribution in [0.4, 0.5) is 0 Å². The average molecular weight is 409 g/mol. The van der Waals surface area contributed by atoms with Gasteiger partial charge in [-0.05, 0) is 62.1 Å². The van der Waals surface area contributed by atoms with E-state index in [4.69, 9.17) is 4.74 Å². The van der Waals surface area contributed by atoms with E-state index in [1.807, 2.05) is 28.6 Å². The molecule has 7 nitrogen and oxygen atoms in total. The van der Waals surface area contributed by atoms with Crippen LogP contribution in [-0.2, 0) is 11.3 Å². The Morgan fingerprint density at radius 1 is 1.17 bits per heavy atom. The van der Waals surface area contributed by atoms with Crippen LogP contribution in [0.5, 0.6) is 0 Å². The van der Waals surface area contributed by atoms with Crippen molar-refractivity contribution >= 4 is 27.7 Å². The van der Waals surface area contributed by atoms with Crippen LogP contribution in [0, 0.1) is 18.8 Å². The van der Waals surface area contributed by atoms with Crippen molar-refractivity contribution in [1.82, 2.24) is 19.7 Å². The Bertz CT molecular complexity index is 1170. The molecule has 3 aromatic rings. The average Bonchev–Trinajstić information content (AvgIpc) is 3.45. The van der Waals surface area contributed by atoms with Gasteiger partial charge in [0.25, 0.3) is 11.5 Å². The molecule has 1 aromatic carbocycles. The molecule has 3 heterocycles. The second-order valence-corrected chi connectivity index (χ2v) is 8.89. The van der Waals surface area contributed by atoms with Gasteiger partial charge in [0.15, 0.2) is 0 Å². The van der Waals surface area contributed by atoms with Crippen LogP contribution < -0.4 is 5.56 Å². The maximum absolute atomic E-state index is 13.3. The number of aromatic nitrogens is 3. The molecule has 2 aromatic heterocycles. The van der Waals surface area contributed by atoms with Crippen LogP contribution in [0.15, 0.2) is 23.1 Å². The predicted molar refractivity (Wildman–Crippen MR) is 116 cm³/mol. The largest absolute Gasteiger partial charge is 0.384 e. The van der Waals surface area contributed by atoms with E-state index < -0.39 is 0 Å². The smallest absolute Gasteiger partial charge is 0.259 e. The summed E-state index contributed by atoms with van der Waals surface area (Å²) < 4.78 is 7.22. The number of ether oxygens (including phenoxy) is 1. The molecule has 1 aliphatic heterocycles. The van der Waals surface area contributed by atoms with Crippen molar-refractivity contribution in [2.75, 3.05) is 26.8 Å². The van der Waals surface area contributed by atoms with Crippen LogP contribution >= 0.6 is 0 Å². The number of likely N-dealkylation sites (tertiary alicyclic amines) is 1. The number of pyridine rings is 1. The lowest BCUT2D eigenvalue weighted by molar-refractivity contribution is 0.0613. The molecular weight excluding hydrogens is 380 g/mol. The highest BCUT2D eigenvalue weighted by atomic mass is 16.5. The van der Waals surface area contributed by atoms with Crippen molar-refractivity contribution in [1.29, 1.82) is 0 Å². The number of aryl methyl sites for hydroxylation is 1. The number of fused-ring (bicyclic) bond motifs is 3. The highest BCUT2D eigenvalue weighted by Crippen LogP contribution is 2.33. The van der Waals surface area contributed by atoms with E-state index in [-0.39, 0.29) is 11.5 Å². The normalized spacial score (nSPS) is 17.9. The number of piperidine rings is 1. The van der Waals surface area contributed by atoms with Gasteiger partial charge in [0, 0.05) is 44.3 Å². The fourth-order valence-corrected chi connectivity index (χ4v) is 4.66. The van der Waals surface area contributed by atoms with E-state index in [1.165, 1.54) is 12.8 Å². The highest BCUT2D eigenvalue weighted by Gasteiger charge is 2.26. The Kier molecular flexibility index (Phi) is 4.85. The number of carbonyl (C=O) groups is 1. The molecule has 0 spiro atoms. The molecule has 0 unspecified atom stereocenters. The molecule has 7 heteroatoms. The van der Waals surface area contributed by atoms with Gasteiger partial charge in [0.2, 0.25) is 0 Å². The molecule has 158 valence electrons. The van der Waals surface area contributed by atoms with Gasteiger partial charge in [0.05, 0.1) is 22.6 Å². The monoisotopic (exact) mass is 408 g/mol. The highest BCUT2D eigenvalue weighted by molar-refractivity contribution is 6.07. The lowest BCUT2D eigenvalue weighted by Gasteiger charge is -2.32. The second-order valence-electron chi connectivity index (χ2n) is 8.89. The van der Waals surface area contributed by atoms with Gasteiger partial charge >= 0.3 is 0 Å². The van der Waals surface area contributed by atoms with E-state index in [0.717, 1.165) is 61.1 Å². The summed E-state index contributed by atoms with van der Waals surface area (Å²) in [5, 5.41) is 5.97. The third kappa shape index (κ3) is 3.41. The van der Waals surface area contributed by atoms with Gasteiger partial charge in [-0.3, -0.25) is 14.3 Å². The zero-order valence-electron chi connectivity index (χ0n) is 17.6. The third-order valence-electron chi connectivity index (χ3n) is 6.61. The van der Waals surface area contributed by atoms with Crippen molar-refractivity contribution < 1.29 is 9.53 Å². The molecule has 1 amide bonds. The molecular formula is C23H28N4O3. The first-order chi connectivity index (χ1) is 14.5. The summed E-state index contributed by atoms with van der Waals surface area (Å²) >= 11 is 0. The minimum absolute atomic E-state index is 0.0675. The van der Waals surface area contributed by atoms with Crippen molar-refractivity contribution in [3.63, 3.8) is 0 Å². The molecule has 0 atom stereocenters. The fraction of sp³-hybridized carbons (Fsp3) is 0.522. The van der Waals surface area contributed by atoms with Crippen LogP contribution in [0.1, 0.15) is 41.6 Å². The molecule has 5 rings (SSSR count). The molecule has 1 saturated heterocycles. The summed E-state index contributed by atoms with van der Waals surface area (Å²) in [7, 11) is 1.73. The van der Waals surface area contributed by atoms with Crippen molar-refractivity contribution in [2.24, 2.45) is 11.8 Å².